The van der Waals surface area contributed by atoms with Crippen molar-refractivity contribution in [2.75, 3.05) is 18.9 Å². The van der Waals surface area contributed by atoms with Crippen LogP contribution in [0.5, 0.6) is 0 Å². The topological polar surface area (TPSA) is 45.1 Å². The third kappa shape index (κ3) is 5.16. The van der Waals surface area contributed by atoms with Gasteiger partial charge in [0.25, 0.3) is 0 Å². The Morgan fingerprint density at radius 3 is 2.94 bits per heavy atom. The summed E-state index contributed by atoms with van der Waals surface area (Å²) in [6, 6.07) is 4.08. The van der Waals surface area contributed by atoms with Crippen molar-refractivity contribution in [3.8, 4) is 0 Å². The molecular formula is C11H17ClN2OS. The van der Waals surface area contributed by atoms with Crippen LogP contribution in [0.15, 0.2) is 23.4 Å². The van der Waals surface area contributed by atoms with Gasteiger partial charge < -0.3 is 10.4 Å². The smallest absolute Gasteiger partial charge is 0.0961 e. The molecule has 0 saturated carbocycles. The van der Waals surface area contributed by atoms with Gasteiger partial charge in [-0.15, -0.1) is 11.8 Å². The first-order valence-corrected chi connectivity index (χ1v) is 6.71. The van der Waals surface area contributed by atoms with E-state index in [4.69, 9.17) is 16.7 Å². The van der Waals surface area contributed by atoms with E-state index in [-0.39, 0.29) is 6.61 Å². The second-order valence-corrected chi connectivity index (χ2v) is 4.87. The van der Waals surface area contributed by atoms with Crippen molar-refractivity contribution in [3.63, 3.8) is 0 Å². The van der Waals surface area contributed by atoms with Crippen LogP contribution in [0.1, 0.15) is 13.3 Å². The van der Waals surface area contributed by atoms with Crippen LogP contribution in [-0.2, 0) is 0 Å². The number of nitrogens with zero attached hydrogens (tertiary/aromatic N) is 1. The van der Waals surface area contributed by atoms with Gasteiger partial charge in [-0.1, -0.05) is 18.5 Å². The molecule has 16 heavy (non-hydrogen) atoms. The van der Waals surface area contributed by atoms with E-state index in [2.05, 4.69) is 17.2 Å². The molecule has 5 heteroatoms. The first-order chi connectivity index (χ1) is 7.76. The summed E-state index contributed by atoms with van der Waals surface area (Å²) in [5.41, 5.74) is 0. The highest BCUT2D eigenvalue weighted by atomic mass is 35.5. The van der Waals surface area contributed by atoms with Crippen molar-refractivity contribution in [1.29, 1.82) is 0 Å². The molecule has 0 bridgehead atoms. The van der Waals surface area contributed by atoms with Crippen LogP contribution in [-0.4, -0.2) is 35.0 Å². The molecule has 0 aromatic carbocycles. The zero-order valence-corrected chi connectivity index (χ0v) is 10.9. The molecule has 1 aromatic rings. The second-order valence-electron chi connectivity index (χ2n) is 3.39. The van der Waals surface area contributed by atoms with Crippen molar-refractivity contribution in [2.24, 2.45) is 0 Å². The molecule has 2 N–H and O–H groups in total. The summed E-state index contributed by atoms with van der Waals surface area (Å²) in [4.78, 5) is 4.21. The summed E-state index contributed by atoms with van der Waals surface area (Å²) in [6.45, 7) is 3.20. The number of nitrogens with one attached hydrogen (secondary N) is 1. The normalized spacial score (nSPS) is 12.7. The van der Waals surface area contributed by atoms with Crippen molar-refractivity contribution < 1.29 is 5.11 Å². The molecule has 0 fully saturated rings. The number of aliphatic hydroxyl groups excluding tert-OH is 1. The molecule has 0 aliphatic rings. The number of hydrogen-bond acceptors (Lipinski definition) is 4. The Labute approximate surface area is 106 Å². The molecule has 1 unspecified atom stereocenters. The van der Waals surface area contributed by atoms with Crippen LogP contribution >= 0.6 is 23.4 Å². The van der Waals surface area contributed by atoms with E-state index >= 15 is 0 Å². The van der Waals surface area contributed by atoms with Crippen LogP contribution in [0.25, 0.3) is 0 Å². The van der Waals surface area contributed by atoms with E-state index < -0.39 is 0 Å². The number of halogens is 1. The Hall–Kier alpha value is -0.290. The second kappa shape index (κ2) is 7.90. The van der Waals surface area contributed by atoms with Crippen LogP contribution in [0.4, 0.5) is 0 Å². The molecule has 3 nitrogen and oxygen atoms in total. The van der Waals surface area contributed by atoms with Gasteiger partial charge in [-0.3, -0.25) is 0 Å². The lowest BCUT2D eigenvalue weighted by Crippen LogP contribution is -2.32. The van der Waals surface area contributed by atoms with Gasteiger partial charge in [-0.05, 0) is 25.1 Å². The predicted octanol–water partition coefficient (Wildman–Crippen LogP) is 2.19. The summed E-state index contributed by atoms with van der Waals surface area (Å²) in [5, 5.41) is 13.9. The minimum atomic E-state index is 0.215. The van der Waals surface area contributed by atoms with Gasteiger partial charge in [0.05, 0.1) is 10.0 Å². The molecule has 1 atom stereocenters. The van der Waals surface area contributed by atoms with Crippen LogP contribution in [0.3, 0.4) is 0 Å². The minimum Gasteiger partial charge on any atom is -0.396 e. The number of rotatable bonds is 7. The quantitative estimate of drug-likeness (QED) is 0.738. The van der Waals surface area contributed by atoms with Crippen molar-refractivity contribution in [1.82, 2.24) is 10.3 Å². The average Bonchev–Trinajstić information content (AvgIpc) is 2.29. The molecule has 1 rings (SSSR count). The summed E-state index contributed by atoms with van der Waals surface area (Å²) in [6.07, 6.45) is 2.42. The third-order valence-corrected chi connectivity index (χ3v) is 3.43. The molecule has 0 radical (unpaired) electrons. The van der Waals surface area contributed by atoms with Gasteiger partial charge in [0.2, 0.25) is 0 Å². The zero-order valence-electron chi connectivity index (χ0n) is 9.32. The van der Waals surface area contributed by atoms with Crippen molar-refractivity contribution >= 4 is 23.4 Å². The van der Waals surface area contributed by atoms with Gasteiger partial charge in [-0.2, -0.15) is 0 Å². The van der Waals surface area contributed by atoms with Crippen LogP contribution in [0.2, 0.25) is 5.02 Å². The van der Waals surface area contributed by atoms with E-state index in [1.165, 1.54) is 0 Å². The first kappa shape index (κ1) is 13.8. The highest BCUT2D eigenvalue weighted by Gasteiger charge is 2.07. The number of hydrogen-bond donors (Lipinski definition) is 2. The highest BCUT2D eigenvalue weighted by Crippen LogP contribution is 2.18. The molecular weight excluding hydrogens is 244 g/mol. The predicted molar refractivity (Wildman–Crippen MR) is 69.1 cm³/mol. The monoisotopic (exact) mass is 260 g/mol. The number of pyridine rings is 1. The van der Waals surface area contributed by atoms with Gasteiger partial charge >= 0.3 is 0 Å². The van der Waals surface area contributed by atoms with Gasteiger partial charge in [0.1, 0.15) is 0 Å². The maximum atomic E-state index is 8.91. The van der Waals surface area contributed by atoms with Gasteiger partial charge in [0.15, 0.2) is 0 Å². The third-order valence-electron chi connectivity index (χ3n) is 2.10. The molecule has 1 aromatic heterocycles. The summed E-state index contributed by atoms with van der Waals surface area (Å²) in [7, 11) is 0. The molecule has 0 spiro atoms. The largest absolute Gasteiger partial charge is 0.396 e. The van der Waals surface area contributed by atoms with Crippen LogP contribution < -0.4 is 5.32 Å². The maximum absolute atomic E-state index is 8.91. The van der Waals surface area contributed by atoms with E-state index in [0.29, 0.717) is 11.1 Å². The Kier molecular flexibility index (Phi) is 6.80. The Balaban J connectivity index is 2.38. The zero-order chi connectivity index (χ0) is 11.8. The lowest BCUT2D eigenvalue weighted by Gasteiger charge is -2.15. The van der Waals surface area contributed by atoms with Gasteiger partial charge in [0, 0.05) is 24.6 Å². The standard InChI is InChI=1S/C11H17ClN2OS/c1-2-13-10(5-6-15)8-16-11-4-3-9(12)7-14-11/h3-4,7,10,13,15H,2,5-6,8H2,1H3. The molecule has 0 aliphatic carbocycles. The summed E-state index contributed by atoms with van der Waals surface area (Å²) < 4.78 is 0. The number of thioether (sulfide) groups is 1. The molecule has 0 aliphatic heterocycles. The minimum absolute atomic E-state index is 0.215. The first-order valence-electron chi connectivity index (χ1n) is 5.35. The van der Waals surface area contributed by atoms with Crippen molar-refractivity contribution in [2.45, 2.75) is 24.4 Å². The number of aromatic nitrogens is 1. The van der Waals surface area contributed by atoms with E-state index in [9.17, 15) is 0 Å². The lowest BCUT2D eigenvalue weighted by atomic mass is 10.2. The Morgan fingerprint density at radius 2 is 2.38 bits per heavy atom. The van der Waals surface area contributed by atoms with E-state index in [1.54, 1.807) is 18.0 Å². The fourth-order valence-corrected chi connectivity index (χ4v) is 2.38. The summed E-state index contributed by atoms with van der Waals surface area (Å²) >= 11 is 7.43. The molecule has 0 amide bonds. The van der Waals surface area contributed by atoms with Crippen molar-refractivity contribution in [3.05, 3.63) is 23.4 Å². The van der Waals surface area contributed by atoms with Crippen LogP contribution in [0, 0.1) is 0 Å². The summed E-state index contributed by atoms with van der Waals surface area (Å²) in [5.74, 6) is 0.906. The van der Waals surface area contributed by atoms with E-state index in [1.807, 2.05) is 12.1 Å². The average molecular weight is 261 g/mol. The van der Waals surface area contributed by atoms with Gasteiger partial charge in [-0.25, -0.2) is 4.98 Å². The SMILES string of the molecule is CCNC(CCO)CSc1ccc(Cl)cn1. The number of aliphatic hydroxyl groups is 1. The fraction of sp³-hybridized carbons (Fsp3) is 0.545. The fourth-order valence-electron chi connectivity index (χ4n) is 1.32. The molecule has 0 saturated heterocycles. The Morgan fingerprint density at radius 1 is 1.56 bits per heavy atom. The van der Waals surface area contributed by atoms with E-state index in [0.717, 1.165) is 23.7 Å². The Bertz CT molecular complexity index is 289. The molecule has 90 valence electrons. The maximum Gasteiger partial charge on any atom is 0.0961 e. The highest BCUT2D eigenvalue weighted by molar-refractivity contribution is 7.99. The lowest BCUT2D eigenvalue weighted by molar-refractivity contribution is 0.271. The molecule has 1 heterocycles.